The summed E-state index contributed by atoms with van der Waals surface area (Å²) in [5.74, 6) is -0.0583. The number of rotatable bonds is 2. The van der Waals surface area contributed by atoms with E-state index in [0.717, 1.165) is 26.3 Å². The summed E-state index contributed by atoms with van der Waals surface area (Å²) in [6, 6.07) is 7.72. The second-order valence-corrected chi connectivity index (χ2v) is 5.72. The van der Waals surface area contributed by atoms with Crippen LogP contribution in [0.25, 0.3) is 10.2 Å². The number of hydrogen-bond donors (Lipinski definition) is 1. The minimum Gasteiger partial charge on any atom is -0.321 e. The third-order valence-electron chi connectivity index (χ3n) is 2.66. The zero-order chi connectivity index (χ0) is 12.5. The van der Waals surface area contributed by atoms with Crippen molar-refractivity contribution < 1.29 is 4.79 Å². The summed E-state index contributed by atoms with van der Waals surface area (Å²) in [4.78, 5) is 17.0. The first-order valence-corrected chi connectivity index (χ1v) is 7.18. The van der Waals surface area contributed by atoms with Gasteiger partial charge in [-0.2, -0.15) is 0 Å². The van der Waals surface area contributed by atoms with Crippen LogP contribution in [0.2, 0.25) is 0 Å². The molecule has 0 fully saturated rings. The van der Waals surface area contributed by atoms with Gasteiger partial charge < -0.3 is 5.32 Å². The van der Waals surface area contributed by atoms with E-state index in [0.29, 0.717) is 0 Å². The number of fused-ring (bicyclic) bond motifs is 1. The number of nitrogens with one attached hydrogen (secondary N) is 1. The molecule has 0 radical (unpaired) electrons. The zero-order valence-electron chi connectivity index (χ0n) is 9.64. The summed E-state index contributed by atoms with van der Waals surface area (Å²) < 4.78 is 1.13. The van der Waals surface area contributed by atoms with Gasteiger partial charge >= 0.3 is 0 Å². The Balaban J connectivity index is 1.88. The molecular formula is C13H10N2OS2. The van der Waals surface area contributed by atoms with Gasteiger partial charge in [-0.3, -0.25) is 4.79 Å². The third kappa shape index (κ3) is 2.02. The average molecular weight is 274 g/mol. The highest BCUT2D eigenvalue weighted by molar-refractivity contribution is 7.16. The van der Waals surface area contributed by atoms with Gasteiger partial charge in [0.1, 0.15) is 0 Å². The van der Waals surface area contributed by atoms with Gasteiger partial charge in [0.2, 0.25) is 0 Å². The maximum atomic E-state index is 12.1. The van der Waals surface area contributed by atoms with Crippen LogP contribution in [-0.2, 0) is 0 Å². The molecule has 0 spiro atoms. The highest BCUT2D eigenvalue weighted by atomic mass is 32.1. The molecule has 0 bridgehead atoms. The normalized spacial score (nSPS) is 10.7. The summed E-state index contributed by atoms with van der Waals surface area (Å²) in [5, 5.41) is 4.83. The van der Waals surface area contributed by atoms with Crippen LogP contribution in [0.15, 0.2) is 35.2 Å². The quantitative estimate of drug-likeness (QED) is 0.769. The number of anilines is 1. The van der Waals surface area contributed by atoms with E-state index in [1.54, 1.807) is 16.8 Å². The molecule has 0 aliphatic carbocycles. The van der Waals surface area contributed by atoms with E-state index in [9.17, 15) is 4.79 Å². The molecule has 2 heterocycles. The van der Waals surface area contributed by atoms with Crippen LogP contribution < -0.4 is 5.32 Å². The topological polar surface area (TPSA) is 42.0 Å². The van der Waals surface area contributed by atoms with Gasteiger partial charge in [0.05, 0.1) is 20.6 Å². The summed E-state index contributed by atoms with van der Waals surface area (Å²) >= 11 is 3.05. The molecule has 0 aliphatic rings. The van der Waals surface area contributed by atoms with Gasteiger partial charge in [-0.15, -0.1) is 22.7 Å². The molecule has 5 heteroatoms. The van der Waals surface area contributed by atoms with E-state index in [-0.39, 0.29) is 5.91 Å². The molecule has 3 aromatic rings. The molecule has 1 amide bonds. The third-order valence-corrected chi connectivity index (χ3v) is 4.48. The summed E-state index contributed by atoms with van der Waals surface area (Å²) in [7, 11) is 0. The number of nitrogens with zero attached hydrogens (tertiary/aromatic N) is 1. The number of amides is 1. The number of aryl methyl sites for hydroxylation is 1. The molecule has 90 valence electrons. The second-order valence-electron chi connectivity index (χ2n) is 3.92. The second kappa shape index (κ2) is 4.51. The van der Waals surface area contributed by atoms with Gasteiger partial charge in [-0.1, -0.05) is 0 Å². The predicted molar refractivity (Wildman–Crippen MR) is 76.6 cm³/mol. The number of carbonyl (C=O) groups is 1. The lowest BCUT2D eigenvalue weighted by Gasteiger charge is -2.04. The van der Waals surface area contributed by atoms with Crippen LogP contribution in [0, 0.1) is 6.92 Å². The molecule has 0 unspecified atom stereocenters. The minimum absolute atomic E-state index is 0.0583. The molecule has 3 rings (SSSR count). The number of benzene rings is 1. The minimum atomic E-state index is -0.0583. The van der Waals surface area contributed by atoms with Crippen molar-refractivity contribution in [3.8, 4) is 0 Å². The zero-order valence-corrected chi connectivity index (χ0v) is 11.3. The average Bonchev–Trinajstić information content (AvgIpc) is 2.96. The standard InChI is InChI=1S/C13H10N2OS2/c1-8-4-5-17-12(8)13(16)15-9-2-3-11-10(6-9)14-7-18-11/h2-7H,1H3,(H,15,16). The van der Waals surface area contributed by atoms with Gasteiger partial charge in [0.25, 0.3) is 5.91 Å². The highest BCUT2D eigenvalue weighted by Gasteiger charge is 2.10. The van der Waals surface area contributed by atoms with E-state index in [4.69, 9.17) is 0 Å². The lowest BCUT2D eigenvalue weighted by atomic mass is 10.2. The fourth-order valence-electron chi connectivity index (χ4n) is 1.73. The van der Waals surface area contributed by atoms with Crippen molar-refractivity contribution in [3.63, 3.8) is 0 Å². The smallest absolute Gasteiger partial charge is 0.265 e. The van der Waals surface area contributed by atoms with Gasteiger partial charge in [0.15, 0.2) is 0 Å². The number of aromatic nitrogens is 1. The summed E-state index contributed by atoms with van der Waals surface area (Å²) in [6.07, 6.45) is 0. The van der Waals surface area contributed by atoms with Crippen molar-refractivity contribution in [2.75, 3.05) is 5.32 Å². The Kier molecular flexibility index (Phi) is 2.85. The van der Waals surface area contributed by atoms with Crippen molar-refractivity contribution in [2.45, 2.75) is 6.92 Å². The Morgan fingerprint density at radius 3 is 2.94 bits per heavy atom. The van der Waals surface area contributed by atoms with Crippen molar-refractivity contribution in [3.05, 3.63) is 45.6 Å². The maximum Gasteiger partial charge on any atom is 0.265 e. The van der Waals surface area contributed by atoms with Crippen molar-refractivity contribution in [2.24, 2.45) is 0 Å². The number of hydrogen-bond acceptors (Lipinski definition) is 4. The Hall–Kier alpha value is -1.72. The van der Waals surface area contributed by atoms with Crippen molar-refractivity contribution in [1.29, 1.82) is 0 Å². The summed E-state index contributed by atoms with van der Waals surface area (Å²) in [6.45, 7) is 1.94. The van der Waals surface area contributed by atoms with Gasteiger partial charge in [0, 0.05) is 5.69 Å². The Labute approximate surface area is 112 Å². The first-order valence-electron chi connectivity index (χ1n) is 5.43. The molecule has 2 aromatic heterocycles. The van der Waals surface area contributed by atoms with Crippen LogP contribution in [0.1, 0.15) is 15.2 Å². The van der Waals surface area contributed by atoms with Crippen molar-refractivity contribution in [1.82, 2.24) is 4.98 Å². The molecule has 18 heavy (non-hydrogen) atoms. The molecule has 0 saturated heterocycles. The highest BCUT2D eigenvalue weighted by Crippen LogP contribution is 2.23. The SMILES string of the molecule is Cc1ccsc1C(=O)Nc1ccc2scnc2c1. The van der Waals surface area contributed by atoms with Gasteiger partial charge in [-0.05, 0) is 42.1 Å². The molecule has 1 N–H and O–H groups in total. The lowest BCUT2D eigenvalue weighted by Crippen LogP contribution is -2.11. The molecule has 0 atom stereocenters. The number of thiazole rings is 1. The fraction of sp³-hybridized carbons (Fsp3) is 0.0769. The van der Waals surface area contributed by atoms with E-state index >= 15 is 0 Å². The van der Waals surface area contributed by atoms with Crippen LogP contribution in [0.5, 0.6) is 0 Å². The Morgan fingerprint density at radius 1 is 1.28 bits per heavy atom. The first kappa shape index (κ1) is 11.4. The summed E-state index contributed by atoms with van der Waals surface area (Å²) in [5.41, 5.74) is 4.51. The molecular weight excluding hydrogens is 264 g/mol. The first-order chi connectivity index (χ1) is 8.74. The van der Waals surface area contributed by atoms with Crippen molar-refractivity contribution >= 4 is 44.5 Å². The van der Waals surface area contributed by atoms with Crippen LogP contribution >= 0.6 is 22.7 Å². The number of thiophene rings is 1. The van der Waals surface area contributed by atoms with Crippen LogP contribution in [0.3, 0.4) is 0 Å². The fourth-order valence-corrected chi connectivity index (χ4v) is 3.21. The van der Waals surface area contributed by atoms with Crippen LogP contribution in [-0.4, -0.2) is 10.9 Å². The number of carbonyl (C=O) groups excluding carboxylic acids is 1. The van der Waals surface area contributed by atoms with E-state index in [1.807, 2.05) is 36.6 Å². The monoisotopic (exact) mass is 274 g/mol. The predicted octanol–water partition coefficient (Wildman–Crippen LogP) is 3.92. The molecule has 1 aromatic carbocycles. The van der Waals surface area contributed by atoms with E-state index in [1.165, 1.54) is 11.3 Å². The lowest BCUT2D eigenvalue weighted by molar-refractivity contribution is 0.103. The Bertz CT molecular complexity index is 714. The largest absolute Gasteiger partial charge is 0.321 e. The van der Waals surface area contributed by atoms with E-state index < -0.39 is 0 Å². The Morgan fingerprint density at radius 2 is 2.17 bits per heavy atom. The maximum absolute atomic E-state index is 12.1. The molecule has 0 saturated carbocycles. The molecule has 3 nitrogen and oxygen atoms in total. The molecule has 0 aliphatic heterocycles. The van der Waals surface area contributed by atoms with Crippen LogP contribution in [0.4, 0.5) is 5.69 Å². The van der Waals surface area contributed by atoms with E-state index in [2.05, 4.69) is 10.3 Å². The van der Waals surface area contributed by atoms with Gasteiger partial charge in [-0.25, -0.2) is 4.98 Å².